The Morgan fingerprint density at radius 1 is 0.667 bits per heavy atom. The zero-order chi connectivity index (χ0) is 24.5. The van der Waals surface area contributed by atoms with Gasteiger partial charge in [-0.25, -0.2) is 9.97 Å². The van der Waals surface area contributed by atoms with Crippen molar-refractivity contribution in [2.75, 3.05) is 0 Å². The van der Waals surface area contributed by atoms with Gasteiger partial charge in [-0.3, -0.25) is 19.6 Å². The largest absolute Gasteiger partial charge is 0.304 e. The number of benzene rings is 1. The molecule has 0 amide bonds. The number of nitrogens with one attached hydrogen (secondary N) is 2. The molecule has 0 spiro atoms. The van der Waals surface area contributed by atoms with Gasteiger partial charge < -0.3 is 9.97 Å². The van der Waals surface area contributed by atoms with Gasteiger partial charge in [0.15, 0.2) is 11.6 Å². The van der Waals surface area contributed by atoms with Crippen LogP contribution in [0.4, 0.5) is 0 Å². The van der Waals surface area contributed by atoms with Gasteiger partial charge >= 0.3 is 0 Å². The molecule has 0 aliphatic rings. The molecule has 7 rings (SSSR count). The fourth-order valence-corrected chi connectivity index (χ4v) is 5.48. The molecular formula is C26H16N6O2S2. The minimum atomic E-state index is -0.114. The highest BCUT2D eigenvalue weighted by Crippen LogP contribution is 2.30. The van der Waals surface area contributed by atoms with E-state index in [1.54, 1.807) is 12.4 Å². The molecule has 0 saturated carbocycles. The molecule has 0 atom stereocenters. The highest BCUT2D eigenvalue weighted by atomic mass is 32.1. The molecule has 0 saturated heterocycles. The van der Waals surface area contributed by atoms with E-state index >= 15 is 0 Å². The van der Waals surface area contributed by atoms with Gasteiger partial charge in [-0.2, -0.15) is 0 Å². The van der Waals surface area contributed by atoms with Crippen molar-refractivity contribution in [3.8, 4) is 23.0 Å². The number of hydrogen-bond acceptors (Lipinski definition) is 8. The molecule has 8 nitrogen and oxygen atoms in total. The molecule has 10 heteroatoms. The number of hydrogen-bond donors (Lipinski definition) is 2. The van der Waals surface area contributed by atoms with E-state index in [4.69, 9.17) is 0 Å². The van der Waals surface area contributed by atoms with Crippen molar-refractivity contribution < 1.29 is 0 Å². The third kappa shape index (κ3) is 4.08. The van der Waals surface area contributed by atoms with Crippen LogP contribution in [0.1, 0.15) is 0 Å². The van der Waals surface area contributed by atoms with Crippen LogP contribution in [0.2, 0.25) is 0 Å². The lowest BCUT2D eigenvalue weighted by molar-refractivity contribution is 1.15. The van der Waals surface area contributed by atoms with Gasteiger partial charge in [0.05, 0.1) is 11.0 Å². The Morgan fingerprint density at radius 2 is 1.31 bits per heavy atom. The van der Waals surface area contributed by atoms with Crippen molar-refractivity contribution in [2.24, 2.45) is 0 Å². The molecule has 0 unspecified atom stereocenters. The van der Waals surface area contributed by atoms with Crippen LogP contribution in [0.25, 0.3) is 53.6 Å². The standard InChI is InChI=1S/C15H9N3OS.C11H7N3OS/c19-15-13-12(9-5-1-2-7-11(9)20-13)17-14(18-15)10-6-3-4-8-16-10;15-11-9-7(4-6-16-9)13-10(14-11)8-3-1-2-5-12-8/h1-8H,(H,17,18,19);1-6H,(H,13,14,15). The average Bonchev–Trinajstić information content (AvgIpc) is 3.56. The molecule has 6 aromatic heterocycles. The van der Waals surface area contributed by atoms with E-state index in [2.05, 4.69) is 29.9 Å². The normalized spacial score (nSPS) is 11.0. The van der Waals surface area contributed by atoms with Gasteiger partial charge in [0, 0.05) is 22.5 Å². The van der Waals surface area contributed by atoms with Gasteiger partial charge in [0.1, 0.15) is 20.8 Å². The Bertz CT molecular complexity index is 1940. The summed E-state index contributed by atoms with van der Waals surface area (Å²) < 4.78 is 2.38. The van der Waals surface area contributed by atoms with Gasteiger partial charge in [-0.15, -0.1) is 22.7 Å². The number of pyridine rings is 2. The number of nitrogens with zero attached hydrogens (tertiary/aromatic N) is 4. The molecule has 2 N–H and O–H groups in total. The number of fused-ring (bicyclic) bond motifs is 4. The minimum absolute atomic E-state index is 0.111. The fraction of sp³-hybridized carbons (Fsp3) is 0. The first-order chi connectivity index (χ1) is 17.7. The van der Waals surface area contributed by atoms with Crippen LogP contribution in [0, 0.1) is 0 Å². The second-order valence-electron chi connectivity index (χ2n) is 7.67. The van der Waals surface area contributed by atoms with Gasteiger partial charge in [0.25, 0.3) is 11.1 Å². The first-order valence-electron chi connectivity index (χ1n) is 10.9. The van der Waals surface area contributed by atoms with E-state index in [1.807, 2.05) is 72.1 Å². The Morgan fingerprint density at radius 3 is 2.00 bits per heavy atom. The summed E-state index contributed by atoms with van der Waals surface area (Å²) in [7, 11) is 0. The lowest BCUT2D eigenvalue weighted by Gasteiger charge is -1.99. The summed E-state index contributed by atoms with van der Waals surface area (Å²) in [5, 5.41) is 2.87. The zero-order valence-electron chi connectivity index (χ0n) is 18.5. The smallest absolute Gasteiger partial charge is 0.269 e. The lowest BCUT2D eigenvalue weighted by atomic mass is 10.2. The molecule has 0 radical (unpaired) electrons. The Hall–Kier alpha value is -4.54. The van der Waals surface area contributed by atoms with E-state index in [1.165, 1.54) is 22.7 Å². The van der Waals surface area contributed by atoms with Gasteiger partial charge in [-0.05, 0) is 41.8 Å². The van der Waals surface area contributed by atoms with E-state index in [0.29, 0.717) is 32.4 Å². The topological polar surface area (TPSA) is 117 Å². The first-order valence-corrected chi connectivity index (χ1v) is 12.6. The maximum absolute atomic E-state index is 12.2. The van der Waals surface area contributed by atoms with Crippen LogP contribution in [-0.4, -0.2) is 29.9 Å². The molecule has 0 aliphatic carbocycles. The van der Waals surface area contributed by atoms with Crippen LogP contribution in [0.5, 0.6) is 0 Å². The Balaban J connectivity index is 0.000000137. The predicted octanol–water partition coefficient (Wildman–Crippen LogP) is 5.25. The highest BCUT2D eigenvalue weighted by Gasteiger charge is 2.12. The Kier molecular flexibility index (Phi) is 5.64. The molecular weight excluding hydrogens is 492 g/mol. The minimum Gasteiger partial charge on any atom is -0.304 e. The van der Waals surface area contributed by atoms with Crippen molar-refractivity contribution in [1.82, 2.24) is 29.9 Å². The van der Waals surface area contributed by atoms with Crippen LogP contribution in [0.15, 0.2) is 94.1 Å². The lowest BCUT2D eigenvalue weighted by Crippen LogP contribution is -2.08. The number of aromatic nitrogens is 6. The van der Waals surface area contributed by atoms with E-state index in [9.17, 15) is 9.59 Å². The highest BCUT2D eigenvalue weighted by molar-refractivity contribution is 7.25. The van der Waals surface area contributed by atoms with Crippen molar-refractivity contribution >= 4 is 53.2 Å². The third-order valence-corrected chi connectivity index (χ3v) is 7.42. The summed E-state index contributed by atoms with van der Waals surface area (Å²) in [5.74, 6) is 1.02. The molecule has 6 heterocycles. The molecule has 36 heavy (non-hydrogen) atoms. The molecule has 1 aromatic carbocycles. The molecule has 174 valence electrons. The second kappa shape index (κ2) is 9.25. The summed E-state index contributed by atoms with van der Waals surface area (Å²) in [6.07, 6.45) is 3.36. The number of thiophene rings is 2. The van der Waals surface area contributed by atoms with Crippen LogP contribution < -0.4 is 11.1 Å². The molecule has 0 bridgehead atoms. The molecule has 0 aliphatic heterocycles. The van der Waals surface area contributed by atoms with E-state index < -0.39 is 0 Å². The summed E-state index contributed by atoms with van der Waals surface area (Å²) >= 11 is 2.86. The molecule has 0 fully saturated rings. The summed E-state index contributed by atoms with van der Waals surface area (Å²) in [4.78, 5) is 46.8. The zero-order valence-corrected chi connectivity index (χ0v) is 20.1. The average molecular weight is 509 g/mol. The van der Waals surface area contributed by atoms with Crippen LogP contribution in [0.3, 0.4) is 0 Å². The predicted molar refractivity (Wildman–Crippen MR) is 144 cm³/mol. The first kappa shape index (κ1) is 22.0. The number of aromatic amines is 2. The third-order valence-electron chi connectivity index (χ3n) is 5.36. The summed E-state index contributed by atoms with van der Waals surface area (Å²) in [6, 6.07) is 20.8. The fourth-order valence-electron chi connectivity index (χ4n) is 3.72. The number of H-pyrrole nitrogens is 2. The second-order valence-corrected chi connectivity index (χ2v) is 9.64. The van der Waals surface area contributed by atoms with E-state index in [0.717, 1.165) is 21.1 Å². The van der Waals surface area contributed by atoms with Crippen molar-refractivity contribution in [2.45, 2.75) is 0 Å². The maximum atomic E-state index is 12.2. The van der Waals surface area contributed by atoms with Crippen molar-refractivity contribution in [1.29, 1.82) is 0 Å². The number of rotatable bonds is 2. The van der Waals surface area contributed by atoms with Crippen LogP contribution >= 0.6 is 22.7 Å². The SMILES string of the molecule is O=c1[nH]c(-c2ccccn2)nc2c1sc1ccccc12.O=c1[nH]c(-c2ccccn2)nc2ccsc12. The van der Waals surface area contributed by atoms with Gasteiger partial charge in [0.2, 0.25) is 0 Å². The van der Waals surface area contributed by atoms with Crippen LogP contribution in [-0.2, 0) is 0 Å². The monoisotopic (exact) mass is 508 g/mol. The van der Waals surface area contributed by atoms with Crippen molar-refractivity contribution in [3.05, 3.63) is 105 Å². The van der Waals surface area contributed by atoms with Crippen molar-refractivity contribution in [3.63, 3.8) is 0 Å². The summed E-state index contributed by atoms with van der Waals surface area (Å²) in [5.41, 5.74) is 2.58. The van der Waals surface area contributed by atoms with Gasteiger partial charge in [-0.1, -0.05) is 30.3 Å². The van der Waals surface area contributed by atoms with E-state index in [-0.39, 0.29) is 11.1 Å². The quantitative estimate of drug-likeness (QED) is 0.330. The molecule has 7 aromatic rings. The summed E-state index contributed by atoms with van der Waals surface area (Å²) in [6.45, 7) is 0. The Labute approximate surface area is 211 Å². The maximum Gasteiger partial charge on any atom is 0.269 e.